The van der Waals surface area contributed by atoms with E-state index in [4.69, 9.17) is 4.98 Å². The number of hydrogen-bond donors (Lipinski definition) is 2. The number of thioether (sulfide) groups is 1. The summed E-state index contributed by atoms with van der Waals surface area (Å²) in [5.41, 5.74) is 4.11. The third-order valence-electron chi connectivity index (χ3n) is 7.02. The molecule has 5 rings (SSSR count). The molecular formula is C31H32N4O3S. The first-order valence-electron chi connectivity index (χ1n) is 13.3. The van der Waals surface area contributed by atoms with E-state index >= 15 is 0 Å². The number of aromatic nitrogens is 2. The highest BCUT2D eigenvalue weighted by molar-refractivity contribution is 7.99. The zero-order valence-electron chi connectivity index (χ0n) is 22.0. The fourth-order valence-electron chi connectivity index (χ4n) is 4.77. The molecule has 0 radical (unpaired) electrons. The Balaban J connectivity index is 1.30. The number of nitrogens with zero attached hydrogens (tertiary/aromatic N) is 2. The maximum atomic E-state index is 13.4. The lowest BCUT2D eigenvalue weighted by Gasteiger charge is -2.14. The lowest BCUT2D eigenvalue weighted by Crippen LogP contribution is -2.32. The normalized spacial score (nSPS) is 13.5. The summed E-state index contributed by atoms with van der Waals surface area (Å²) in [5, 5.41) is 7.05. The van der Waals surface area contributed by atoms with Crippen molar-refractivity contribution in [3.05, 3.63) is 105 Å². The second-order valence-electron chi connectivity index (χ2n) is 10.0. The number of amides is 2. The van der Waals surface area contributed by atoms with Crippen LogP contribution in [0.5, 0.6) is 0 Å². The van der Waals surface area contributed by atoms with Gasteiger partial charge in [0.2, 0.25) is 5.91 Å². The molecule has 0 unspecified atom stereocenters. The Hall–Kier alpha value is -3.91. The predicted molar refractivity (Wildman–Crippen MR) is 155 cm³/mol. The van der Waals surface area contributed by atoms with Gasteiger partial charge in [-0.1, -0.05) is 78.7 Å². The Bertz CT molecular complexity index is 1520. The molecule has 0 saturated heterocycles. The molecule has 1 fully saturated rings. The van der Waals surface area contributed by atoms with Crippen molar-refractivity contribution >= 4 is 34.5 Å². The van der Waals surface area contributed by atoms with E-state index in [1.807, 2.05) is 55.5 Å². The predicted octanol–water partition coefficient (Wildman–Crippen LogP) is 4.83. The van der Waals surface area contributed by atoms with Crippen molar-refractivity contribution < 1.29 is 9.59 Å². The first-order chi connectivity index (χ1) is 19.0. The van der Waals surface area contributed by atoms with Gasteiger partial charge in [-0.2, -0.15) is 0 Å². The minimum Gasteiger partial charge on any atom is -0.351 e. The smallest absolute Gasteiger partial charge is 0.262 e. The number of nitrogens with one attached hydrogen (secondary N) is 2. The van der Waals surface area contributed by atoms with E-state index in [0.717, 1.165) is 36.8 Å². The van der Waals surface area contributed by atoms with Crippen LogP contribution in [0.15, 0.2) is 82.7 Å². The van der Waals surface area contributed by atoms with E-state index in [2.05, 4.69) is 10.6 Å². The number of para-hydroxylation sites is 1. The van der Waals surface area contributed by atoms with Gasteiger partial charge in [-0.15, -0.1) is 0 Å². The summed E-state index contributed by atoms with van der Waals surface area (Å²) in [7, 11) is 0. The molecule has 0 aliphatic heterocycles. The van der Waals surface area contributed by atoms with E-state index in [1.165, 1.54) is 17.3 Å². The molecule has 4 aromatic rings. The lowest BCUT2D eigenvalue weighted by atomic mass is 10.1. The van der Waals surface area contributed by atoms with Crippen LogP contribution in [-0.4, -0.2) is 33.2 Å². The average molecular weight is 541 g/mol. The maximum Gasteiger partial charge on any atom is 0.262 e. The minimum absolute atomic E-state index is 0.0640. The highest BCUT2D eigenvalue weighted by Crippen LogP contribution is 2.20. The number of hydrogen-bond acceptors (Lipinski definition) is 5. The van der Waals surface area contributed by atoms with E-state index in [9.17, 15) is 14.4 Å². The summed E-state index contributed by atoms with van der Waals surface area (Å²) in [6.45, 7) is 2.75. The molecule has 7 nitrogen and oxygen atoms in total. The molecule has 1 aliphatic carbocycles. The van der Waals surface area contributed by atoms with Crippen molar-refractivity contribution in [2.45, 2.75) is 56.9 Å². The number of carbonyl (C=O) groups excluding carboxylic acids is 2. The molecule has 200 valence electrons. The third-order valence-corrected chi connectivity index (χ3v) is 7.99. The van der Waals surface area contributed by atoms with Crippen molar-refractivity contribution in [1.29, 1.82) is 0 Å². The summed E-state index contributed by atoms with van der Waals surface area (Å²) < 4.78 is 1.61. The van der Waals surface area contributed by atoms with Gasteiger partial charge in [0.05, 0.1) is 23.2 Å². The van der Waals surface area contributed by atoms with Crippen LogP contribution in [-0.2, 0) is 17.9 Å². The van der Waals surface area contributed by atoms with Gasteiger partial charge >= 0.3 is 0 Å². The quantitative estimate of drug-likeness (QED) is 0.234. The van der Waals surface area contributed by atoms with Gasteiger partial charge in [0.25, 0.3) is 11.5 Å². The Morgan fingerprint density at radius 1 is 0.949 bits per heavy atom. The standard InChI is InChI=1S/C31H32N4O3S/c1-21-10-12-22(13-11-21)18-32-28(36)20-39-31-34-27-9-5-4-8-26(27)30(38)35(31)19-23-14-16-24(17-15-23)29(37)33-25-6-2-3-7-25/h4-5,8-17,25H,2-3,6-7,18-20H2,1H3,(H,32,36)(H,33,37). The Kier molecular flexibility index (Phi) is 8.42. The molecule has 1 aromatic heterocycles. The molecule has 8 heteroatoms. The molecule has 2 amide bonds. The molecule has 0 bridgehead atoms. The van der Waals surface area contributed by atoms with Crippen LogP contribution >= 0.6 is 11.8 Å². The number of carbonyl (C=O) groups is 2. The second kappa shape index (κ2) is 12.3. The molecule has 1 heterocycles. The third kappa shape index (κ3) is 6.75. The van der Waals surface area contributed by atoms with Gasteiger partial charge in [-0.25, -0.2) is 4.98 Å². The van der Waals surface area contributed by atoms with Crippen molar-refractivity contribution in [3.63, 3.8) is 0 Å². The summed E-state index contributed by atoms with van der Waals surface area (Å²) in [6.07, 6.45) is 4.39. The molecule has 3 aromatic carbocycles. The number of rotatable bonds is 9. The zero-order chi connectivity index (χ0) is 27.2. The van der Waals surface area contributed by atoms with Gasteiger partial charge in [-0.3, -0.25) is 19.0 Å². The molecule has 39 heavy (non-hydrogen) atoms. The highest BCUT2D eigenvalue weighted by Gasteiger charge is 2.18. The van der Waals surface area contributed by atoms with Crippen LogP contribution in [0.1, 0.15) is 52.7 Å². The van der Waals surface area contributed by atoms with Crippen LogP contribution in [0.4, 0.5) is 0 Å². The van der Waals surface area contributed by atoms with Crippen molar-refractivity contribution in [1.82, 2.24) is 20.2 Å². The zero-order valence-corrected chi connectivity index (χ0v) is 22.8. The Morgan fingerprint density at radius 2 is 1.64 bits per heavy atom. The van der Waals surface area contributed by atoms with Crippen molar-refractivity contribution in [2.24, 2.45) is 0 Å². The summed E-state index contributed by atoms with van der Waals surface area (Å²) in [4.78, 5) is 43.4. The topological polar surface area (TPSA) is 93.1 Å². The molecule has 0 atom stereocenters. The average Bonchev–Trinajstić information content (AvgIpc) is 3.47. The van der Waals surface area contributed by atoms with Crippen molar-refractivity contribution in [2.75, 3.05) is 5.75 Å². The Labute approximate surface area is 232 Å². The Morgan fingerprint density at radius 3 is 2.38 bits per heavy atom. The van der Waals surface area contributed by atoms with Crippen LogP contribution < -0.4 is 16.2 Å². The van der Waals surface area contributed by atoms with Gasteiger partial charge in [0.1, 0.15) is 0 Å². The molecule has 2 N–H and O–H groups in total. The van der Waals surface area contributed by atoms with Crippen LogP contribution in [0.2, 0.25) is 0 Å². The number of aryl methyl sites for hydroxylation is 1. The molecule has 1 aliphatic rings. The van der Waals surface area contributed by atoms with Crippen LogP contribution in [0.25, 0.3) is 10.9 Å². The van der Waals surface area contributed by atoms with Gasteiger partial charge in [-0.05, 0) is 55.2 Å². The van der Waals surface area contributed by atoms with E-state index in [1.54, 1.807) is 28.8 Å². The van der Waals surface area contributed by atoms with Crippen LogP contribution in [0.3, 0.4) is 0 Å². The fraction of sp³-hybridized carbons (Fsp3) is 0.290. The molecule has 1 saturated carbocycles. The van der Waals surface area contributed by atoms with E-state index in [0.29, 0.717) is 28.2 Å². The summed E-state index contributed by atoms with van der Waals surface area (Å²) in [5.74, 6) is -0.0604. The monoisotopic (exact) mass is 540 g/mol. The lowest BCUT2D eigenvalue weighted by molar-refractivity contribution is -0.118. The minimum atomic E-state index is -0.161. The largest absolute Gasteiger partial charge is 0.351 e. The number of fused-ring (bicyclic) bond motifs is 1. The van der Waals surface area contributed by atoms with Gasteiger partial charge < -0.3 is 10.6 Å². The fourth-order valence-corrected chi connectivity index (χ4v) is 5.60. The number of benzene rings is 3. The van der Waals surface area contributed by atoms with E-state index in [-0.39, 0.29) is 35.7 Å². The first-order valence-corrected chi connectivity index (χ1v) is 14.3. The summed E-state index contributed by atoms with van der Waals surface area (Å²) >= 11 is 1.24. The maximum absolute atomic E-state index is 13.4. The second-order valence-corrected chi connectivity index (χ2v) is 10.9. The molecule has 0 spiro atoms. The first kappa shape index (κ1) is 26.7. The highest BCUT2D eigenvalue weighted by atomic mass is 32.2. The van der Waals surface area contributed by atoms with Gasteiger partial charge in [0.15, 0.2) is 5.16 Å². The SMILES string of the molecule is Cc1ccc(CNC(=O)CSc2nc3ccccc3c(=O)n2Cc2ccc(C(=O)NC3CCCC3)cc2)cc1. The van der Waals surface area contributed by atoms with Crippen LogP contribution in [0, 0.1) is 6.92 Å². The van der Waals surface area contributed by atoms with E-state index < -0.39 is 0 Å². The summed E-state index contributed by atoms with van der Waals surface area (Å²) in [6, 6.07) is 22.8. The molecular weight excluding hydrogens is 508 g/mol. The van der Waals surface area contributed by atoms with Gasteiger partial charge in [0, 0.05) is 18.2 Å². The van der Waals surface area contributed by atoms with Crippen molar-refractivity contribution in [3.8, 4) is 0 Å².